The summed E-state index contributed by atoms with van der Waals surface area (Å²) in [6, 6.07) is 12.1. The molecule has 1 N–H and O–H groups in total. The molecule has 0 fully saturated rings. The van der Waals surface area contributed by atoms with Crippen LogP contribution < -0.4 is 19.5 Å². The molecule has 26 heavy (non-hydrogen) atoms. The molecule has 1 amide bonds. The van der Waals surface area contributed by atoms with Crippen molar-refractivity contribution in [2.45, 2.75) is 0 Å². The Kier molecular flexibility index (Phi) is 5.30. The van der Waals surface area contributed by atoms with E-state index >= 15 is 0 Å². The number of anilines is 1. The number of amides is 1. The van der Waals surface area contributed by atoms with Gasteiger partial charge in [-0.2, -0.15) is 5.26 Å². The van der Waals surface area contributed by atoms with E-state index in [1.165, 1.54) is 13.2 Å². The average molecular weight is 371 g/mol. The van der Waals surface area contributed by atoms with Crippen molar-refractivity contribution in [3.05, 3.63) is 52.6 Å². The van der Waals surface area contributed by atoms with E-state index in [0.29, 0.717) is 46.7 Å². The topological polar surface area (TPSA) is 80.6 Å². The minimum atomic E-state index is -0.535. The molecule has 7 heteroatoms. The van der Waals surface area contributed by atoms with Crippen LogP contribution in [-0.2, 0) is 4.79 Å². The molecule has 0 spiro atoms. The van der Waals surface area contributed by atoms with Crippen LogP contribution in [0.3, 0.4) is 0 Å². The van der Waals surface area contributed by atoms with Crippen molar-refractivity contribution in [1.82, 2.24) is 0 Å². The minimum absolute atomic E-state index is 0.0689. The molecule has 0 bridgehead atoms. The van der Waals surface area contributed by atoms with E-state index in [1.807, 2.05) is 6.07 Å². The monoisotopic (exact) mass is 370 g/mol. The summed E-state index contributed by atoms with van der Waals surface area (Å²) in [4.78, 5) is 12.4. The van der Waals surface area contributed by atoms with Gasteiger partial charge in [0.2, 0.25) is 0 Å². The number of benzene rings is 2. The molecule has 0 radical (unpaired) electrons. The number of methoxy groups -OCH3 is 1. The Balaban J connectivity index is 1.85. The third-order valence-electron chi connectivity index (χ3n) is 3.62. The van der Waals surface area contributed by atoms with Gasteiger partial charge in [0.15, 0.2) is 11.5 Å². The van der Waals surface area contributed by atoms with Crippen molar-refractivity contribution in [2.24, 2.45) is 0 Å². The Morgan fingerprint density at radius 1 is 1.31 bits per heavy atom. The largest absolute Gasteiger partial charge is 0.497 e. The fraction of sp³-hybridized carbons (Fsp3) is 0.158. The summed E-state index contributed by atoms with van der Waals surface area (Å²) >= 11 is 6.19. The van der Waals surface area contributed by atoms with Gasteiger partial charge >= 0.3 is 0 Å². The third kappa shape index (κ3) is 3.90. The summed E-state index contributed by atoms with van der Waals surface area (Å²) in [5, 5.41) is 12.4. The van der Waals surface area contributed by atoms with Crippen molar-refractivity contribution in [1.29, 1.82) is 5.26 Å². The van der Waals surface area contributed by atoms with Crippen LogP contribution in [0.2, 0.25) is 5.02 Å². The lowest BCUT2D eigenvalue weighted by molar-refractivity contribution is -0.112. The lowest BCUT2D eigenvalue weighted by Crippen LogP contribution is -2.16. The highest BCUT2D eigenvalue weighted by molar-refractivity contribution is 6.32. The Bertz CT molecular complexity index is 918. The smallest absolute Gasteiger partial charge is 0.266 e. The molecule has 0 aromatic heterocycles. The molecule has 1 aliphatic rings. The number of ether oxygens (including phenoxy) is 3. The first-order valence-electron chi connectivity index (χ1n) is 7.77. The highest BCUT2D eigenvalue weighted by Crippen LogP contribution is 2.38. The van der Waals surface area contributed by atoms with Crippen LogP contribution in [0.15, 0.2) is 42.0 Å². The number of carbonyl (C=O) groups excluding carboxylic acids is 1. The number of hydrogen-bond donors (Lipinski definition) is 1. The first kappa shape index (κ1) is 17.6. The van der Waals surface area contributed by atoms with E-state index in [0.717, 1.165) is 0 Å². The fourth-order valence-corrected chi connectivity index (χ4v) is 2.70. The van der Waals surface area contributed by atoms with E-state index in [2.05, 4.69) is 5.32 Å². The van der Waals surface area contributed by atoms with E-state index in [-0.39, 0.29) is 5.57 Å². The predicted molar refractivity (Wildman–Crippen MR) is 97.7 cm³/mol. The molecule has 0 atom stereocenters. The summed E-state index contributed by atoms with van der Waals surface area (Å²) in [5.41, 5.74) is 1.02. The Hall–Kier alpha value is -3.17. The van der Waals surface area contributed by atoms with Gasteiger partial charge in [0, 0.05) is 11.8 Å². The number of nitrogens with one attached hydrogen (secondary N) is 1. The summed E-state index contributed by atoms with van der Waals surface area (Å²) in [6.07, 6.45) is 1.44. The zero-order chi connectivity index (χ0) is 18.5. The molecule has 2 aromatic carbocycles. The minimum Gasteiger partial charge on any atom is -0.497 e. The molecular formula is C19H15ClN2O4. The second-order valence-electron chi connectivity index (χ2n) is 5.38. The first-order valence-corrected chi connectivity index (χ1v) is 8.15. The lowest BCUT2D eigenvalue weighted by Gasteiger charge is -2.19. The molecule has 2 aromatic rings. The van der Waals surface area contributed by atoms with Gasteiger partial charge in [-0.25, -0.2) is 0 Å². The van der Waals surface area contributed by atoms with E-state index in [4.69, 9.17) is 25.8 Å². The maximum absolute atomic E-state index is 12.4. The number of hydrogen-bond acceptors (Lipinski definition) is 5. The molecule has 0 unspecified atom stereocenters. The van der Waals surface area contributed by atoms with Crippen molar-refractivity contribution in [3.63, 3.8) is 0 Å². The van der Waals surface area contributed by atoms with Crippen molar-refractivity contribution in [3.8, 4) is 23.3 Å². The standard InChI is InChI=1S/C19H15ClN2O4/c1-24-15-4-2-3-14(10-15)22-19(23)13(11-21)7-12-8-16(20)18-17(9-12)25-5-6-26-18/h2-4,7-10H,5-6H2,1H3,(H,22,23)/b13-7+. The van der Waals surface area contributed by atoms with Crippen molar-refractivity contribution < 1.29 is 19.0 Å². The summed E-state index contributed by atoms with van der Waals surface area (Å²) < 4.78 is 16.1. The molecule has 1 heterocycles. The van der Waals surface area contributed by atoms with Gasteiger partial charge in [0.1, 0.15) is 30.6 Å². The van der Waals surface area contributed by atoms with Crippen LogP contribution in [0.5, 0.6) is 17.2 Å². The van der Waals surface area contributed by atoms with Crippen LogP contribution in [0.1, 0.15) is 5.56 Å². The Labute approximate surface area is 155 Å². The maximum Gasteiger partial charge on any atom is 0.266 e. The molecule has 6 nitrogen and oxygen atoms in total. The van der Waals surface area contributed by atoms with Gasteiger partial charge < -0.3 is 19.5 Å². The molecule has 1 aliphatic heterocycles. The van der Waals surface area contributed by atoms with E-state index in [1.54, 1.807) is 36.4 Å². The zero-order valence-electron chi connectivity index (χ0n) is 13.9. The highest BCUT2D eigenvalue weighted by Gasteiger charge is 2.17. The van der Waals surface area contributed by atoms with E-state index < -0.39 is 5.91 Å². The van der Waals surface area contributed by atoms with Gasteiger partial charge in [0.25, 0.3) is 5.91 Å². The molecule has 0 aliphatic carbocycles. The first-order chi connectivity index (χ1) is 12.6. The van der Waals surface area contributed by atoms with Gasteiger partial charge in [-0.05, 0) is 35.9 Å². The third-order valence-corrected chi connectivity index (χ3v) is 3.90. The number of carbonyl (C=O) groups is 1. The molecule has 3 rings (SSSR count). The molecule has 132 valence electrons. The summed E-state index contributed by atoms with van der Waals surface area (Å²) in [6.45, 7) is 0.840. The number of halogens is 1. The molecular weight excluding hydrogens is 356 g/mol. The highest BCUT2D eigenvalue weighted by atomic mass is 35.5. The Morgan fingerprint density at radius 3 is 2.88 bits per heavy atom. The van der Waals surface area contributed by atoms with Crippen LogP contribution in [0.25, 0.3) is 6.08 Å². The van der Waals surface area contributed by atoms with Gasteiger partial charge in [-0.1, -0.05) is 17.7 Å². The molecule has 0 saturated heterocycles. The SMILES string of the molecule is COc1cccc(NC(=O)/C(C#N)=C/c2cc(Cl)c3c(c2)OCCO3)c1. The van der Waals surface area contributed by atoms with Gasteiger partial charge in [0.05, 0.1) is 12.1 Å². The Morgan fingerprint density at radius 2 is 2.12 bits per heavy atom. The van der Waals surface area contributed by atoms with Crippen molar-refractivity contribution >= 4 is 29.3 Å². The van der Waals surface area contributed by atoms with Crippen LogP contribution in [0, 0.1) is 11.3 Å². The average Bonchev–Trinajstić information content (AvgIpc) is 2.66. The summed E-state index contributed by atoms with van der Waals surface area (Å²) in [5.74, 6) is 1.02. The van der Waals surface area contributed by atoms with Crippen LogP contribution in [-0.4, -0.2) is 26.2 Å². The number of fused-ring (bicyclic) bond motifs is 1. The molecule has 0 saturated carbocycles. The van der Waals surface area contributed by atoms with Gasteiger partial charge in [-0.15, -0.1) is 0 Å². The van der Waals surface area contributed by atoms with E-state index in [9.17, 15) is 10.1 Å². The second-order valence-corrected chi connectivity index (χ2v) is 5.79. The number of nitriles is 1. The van der Waals surface area contributed by atoms with Gasteiger partial charge in [-0.3, -0.25) is 4.79 Å². The number of nitrogens with zero attached hydrogens (tertiary/aromatic N) is 1. The quantitative estimate of drug-likeness (QED) is 0.656. The van der Waals surface area contributed by atoms with Crippen molar-refractivity contribution in [2.75, 3.05) is 25.6 Å². The number of rotatable bonds is 4. The van der Waals surface area contributed by atoms with Crippen LogP contribution >= 0.6 is 11.6 Å². The lowest BCUT2D eigenvalue weighted by atomic mass is 10.1. The maximum atomic E-state index is 12.4. The normalized spacial score (nSPS) is 12.9. The predicted octanol–water partition coefficient (Wildman–Crippen LogP) is 3.67. The summed E-state index contributed by atoms with van der Waals surface area (Å²) in [7, 11) is 1.53. The fourth-order valence-electron chi connectivity index (χ4n) is 2.43. The second kappa shape index (κ2) is 7.81. The zero-order valence-corrected chi connectivity index (χ0v) is 14.7. The van der Waals surface area contributed by atoms with Crippen LogP contribution in [0.4, 0.5) is 5.69 Å².